The predicted molar refractivity (Wildman–Crippen MR) is 90.3 cm³/mol. The summed E-state index contributed by atoms with van der Waals surface area (Å²) in [6.07, 6.45) is 5.07. The van der Waals surface area contributed by atoms with Gasteiger partial charge in [-0.05, 0) is 44.2 Å². The van der Waals surface area contributed by atoms with Crippen molar-refractivity contribution in [3.63, 3.8) is 0 Å². The number of amides is 1. The number of likely N-dealkylation sites (tertiary alicyclic amines) is 1. The molecule has 0 unspecified atom stereocenters. The molecule has 6 nitrogen and oxygen atoms in total. The topological polar surface area (TPSA) is 67.8 Å². The fourth-order valence-electron chi connectivity index (χ4n) is 2.95. The summed E-state index contributed by atoms with van der Waals surface area (Å²) in [5.41, 5.74) is 3.40. The van der Waals surface area contributed by atoms with Gasteiger partial charge >= 0.3 is 0 Å². The highest BCUT2D eigenvalue weighted by molar-refractivity contribution is 5.71. The molecule has 0 radical (unpaired) electrons. The molecule has 1 aromatic carbocycles. The van der Waals surface area contributed by atoms with Crippen LogP contribution in [0.3, 0.4) is 0 Å². The average Bonchev–Trinajstić information content (AvgIpc) is 2.54. The third-order valence-electron chi connectivity index (χ3n) is 4.15. The van der Waals surface area contributed by atoms with E-state index in [-0.39, 0.29) is 10.6 Å². The Morgan fingerprint density at radius 2 is 1.96 bits per heavy atom. The van der Waals surface area contributed by atoms with Crippen LogP contribution in [0.2, 0.25) is 0 Å². The van der Waals surface area contributed by atoms with Gasteiger partial charge < -0.3 is 4.74 Å². The highest BCUT2D eigenvalue weighted by atomic mass is 16.6. The van der Waals surface area contributed by atoms with Crippen molar-refractivity contribution in [2.45, 2.75) is 45.6 Å². The third kappa shape index (κ3) is 6.86. The molecule has 0 atom stereocenters. The Hall–Kier alpha value is -1.63. The first-order valence-electron chi connectivity index (χ1n) is 8.76. The smallest absolute Gasteiger partial charge is 0.240 e. The van der Waals surface area contributed by atoms with E-state index < -0.39 is 0 Å². The minimum Gasteiger partial charge on any atom is -0.494 e. The van der Waals surface area contributed by atoms with Crippen molar-refractivity contribution in [1.82, 2.24) is 5.48 Å². The second-order valence-electron chi connectivity index (χ2n) is 6.47. The maximum Gasteiger partial charge on any atom is 0.240 e. The number of nitrogens with zero attached hydrogens (tertiary/aromatic N) is 1. The largest absolute Gasteiger partial charge is 0.494 e. The van der Waals surface area contributed by atoms with Gasteiger partial charge in [0.25, 0.3) is 0 Å². The SMILES string of the molecule is CC(=O)NOCCCCOc1cccc(C[N+]2(O)CCCCC2)c1. The third-order valence-corrected chi connectivity index (χ3v) is 4.15. The summed E-state index contributed by atoms with van der Waals surface area (Å²) in [5, 5.41) is 10.6. The molecule has 0 bridgehead atoms. The van der Waals surface area contributed by atoms with Gasteiger partial charge in [-0.15, -0.1) is 0 Å². The molecule has 1 aliphatic heterocycles. The number of unbranched alkanes of at least 4 members (excludes halogenated alkanes) is 1. The number of nitrogens with one attached hydrogen (secondary N) is 1. The van der Waals surface area contributed by atoms with Gasteiger partial charge in [-0.2, -0.15) is 4.65 Å². The quantitative estimate of drug-likeness (QED) is 0.413. The van der Waals surface area contributed by atoms with Gasteiger partial charge in [0.05, 0.1) is 13.2 Å². The van der Waals surface area contributed by atoms with E-state index in [1.807, 2.05) is 24.3 Å². The van der Waals surface area contributed by atoms with Crippen LogP contribution in [0, 0.1) is 0 Å². The summed E-state index contributed by atoms with van der Waals surface area (Å²) >= 11 is 0. The van der Waals surface area contributed by atoms with Crippen molar-refractivity contribution >= 4 is 5.91 Å². The van der Waals surface area contributed by atoms with E-state index in [0.29, 0.717) is 19.8 Å². The molecule has 6 heteroatoms. The number of ether oxygens (including phenoxy) is 1. The lowest BCUT2D eigenvalue weighted by molar-refractivity contribution is -1.12. The number of carbonyl (C=O) groups is 1. The van der Waals surface area contributed by atoms with Gasteiger partial charge in [-0.3, -0.25) is 9.63 Å². The second kappa shape index (κ2) is 9.61. The minimum absolute atomic E-state index is 0.143. The molecule has 0 saturated carbocycles. The first-order chi connectivity index (χ1) is 11.6. The molecule has 1 saturated heterocycles. The van der Waals surface area contributed by atoms with Crippen LogP contribution in [0.1, 0.15) is 44.6 Å². The van der Waals surface area contributed by atoms with Crippen LogP contribution in [-0.4, -0.2) is 42.1 Å². The van der Waals surface area contributed by atoms with Crippen molar-refractivity contribution in [3.05, 3.63) is 29.8 Å². The van der Waals surface area contributed by atoms with E-state index in [4.69, 9.17) is 9.57 Å². The predicted octanol–water partition coefficient (Wildman–Crippen LogP) is 2.80. The molecule has 0 aromatic heterocycles. The molecule has 1 fully saturated rings. The molecule has 134 valence electrons. The van der Waals surface area contributed by atoms with Crippen molar-refractivity contribution in [2.75, 3.05) is 26.3 Å². The van der Waals surface area contributed by atoms with E-state index >= 15 is 0 Å². The van der Waals surface area contributed by atoms with E-state index in [1.165, 1.54) is 13.3 Å². The van der Waals surface area contributed by atoms with Crippen molar-refractivity contribution < 1.29 is 24.2 Å². The number of hydrogen-bond acceptors (Lipinski definition) is 4. The molecule has 1 amide bonds. The van der Waals surface area contributed by atoms with Gasteiger partial charge in [-0.25, -0.2) is 10.7 Å². The highest BCUT2D eigenvalue weighted by Crippen LogP contribution is 2.22. The van der Waals surface area contributed by atoms with E-state index in [0.717, 1.165) is 50.1 Å². The fourth-order valence-corrected chi connectivity index (χ4v) is 2.95. The maximum atomic E-state index is 10.6. The van der Waals surface area contributed by atoms with Crippen LogP contribution >= 0.6 is 0 Å². The molecule has 1 heterocycles. The molecular formula is C18H29N2O4+. The van der Waals surface area contributed by atoms with Gasteiger partial charge in [0.2, 0.25) is 5.91 Å². The monoisotopic (exact) mass is 337 g/mol. The van der Waals surface area contributed by atoms with Crippen LogP contribution in [0.5, 0.6) is 5.75 Å². The summed E-state index contributed by atoms with van der Waals surface area (Å²) in [6.45, 7) is 4.80. The van der Waals surface area contributed by atoms with Crippen molar-refractivity contribution in [1.29, 1.82) is 0 Å². The number of carbonyl (C=O) groups excluding carboxylic acids is 1. The van der Waals surface area contributed by atoms with Crippen LogP contribution in [0.4, 0.5) is 0 Å². The normalized spacial score (nSPS) is 16.6. The Morgan fingerprint density at radius 3 is 2.71 bits per heavy atom. The zero-order valence-electron chi connectivity index (χ0n) is 14.5. The van der Waals surface area contributed by atoms with Crippen molar-refractivity contribution in [2.24, 2.45) is 0 Å². The zero-order chi connectivity index (χ0) is 17.3. The second-order valence-corrected chi connectivity index (χ2v) is 6.47. The molecule has 1 aliphatic rings. The maximum absolute atomic E-state index is 10.6. The lowest BCUT2D eigenvalue weighted by atomic mass is 10.1. The number of hydrogen-bond donors (Lipinski definition) is 2. The molecule has 24 heavy (non-hydrogen) atoms. The molecule has 1 aromatic rings. The summed E-state index contributed by atoms with van der Waals surface area (Å²) in [6, 6.07) is 7.97. The van der Waals surface area contributed by atoms with Crippen LogP contribution in [-0.2, 0) is 16.2 Å². The first-order valence-corrected chi connectivity index (χ1v) is 8.76. The van der Waals surface area contributed by atoms with E-state index in [1.54, 1.807) is 0 Å². The Balaban J connectivity index is 1.69. The van der Waals surface area contributed by atoms with E-state index in [9.17, 15) is 10.0 Å². The summed E-state index contributed by atoms with van der Waals surface area (Å²) in [4.78, 5) is 15.6. The molecule has 0 aliphatic carbocycles. The van der Waals surface area contributed by atoms with Gasteiger partial charge in [0, 0.05) is 12.5 Å². The first kappa shape index (κ1) is 18.7. The Bertz CT molecular complexity index is 515. The van der Waals surface area contributed by atoms with Crippen molar-refractivity contribution in [3.8, 4) is 5.75 Å². The Labute approximate surface area is 143 Å². The molecule has 2 rings (SSSR count). The van der Waals surface area contributed by atoms with Gasteiger partial charge in [0.15, 0.2) is 0 Å². The molecular weight excluding hydrogens is 308 g/mol. The zero-order valence-corrected chi connectivity index (χ0v) is 14.5. The standard InChI is InChI=1S/C18H28N2O4/c1-16(21)19-24-13-6-5-12-23-18-9-7-8-17(14-18)15-20(22)10-3-2-4-11-20/h7-9,14,22H,2-6,10-13,15H2,1H3/p+1. The molecule has 0 spiro atoms. The number of benzene rings is 1. The lowest BCUT2D eigenvalue weighted by Gasteiger charge is -2.33. The van der Waals surface area contributed by atoms with Gasteiger partial charge in [0.1, 0.15) is 25.4 Å². The Morgan fingerprint density at radius 1 is 1.21 bits per heavy atom. The number of piperidine rings is 1. The van der Waals surface area contributed by atoms with Crippen LogP contribution < -0.4 is 10.2 Å². The highest BCUT2D eigenvalue weighted by Gasteiger charge is 2.28. The molecule has 2 N–H and O–H groups in total. The van der Waals surface area contributed by atoms with Crippen LogP contribution in [0.15, 0.2) is 24.3 Å². The minimum atomic E-state index is -0.193. The number of rotatable bonds is 9. The summed E-state index contributed by atoms with van der Waals surface area (Å²) in [5.74, 6) is 0.639. The number of hydroxylamine groups is 4. The average molecular weight is 337 g/mol. The fraction of sp³-hybridized carbons (Fsp3) is 0.611. The van der Waals surface area contributed by atoms with E-state index in [2.05, 4.69) is 5.48 Å². The number of quaternary nitrogens is 1. The summed E-state index contributed by atoms with van der Waals surface area (Å²) < 4.78 is 5.91. The van der Waals surface area contributed by atoms with Crippen LogP contribution in [0.25, 0.3) is 0 Å². The lowest BCUT2D eigenvalue weighted by Crippen LogP contribution is -2.47. The Kier molecular flexibility index (Phi) is 7.49. The summed E-state index contributed by atoms with van der Waals surface area (Å²) in [7, 11) is 0. The van der Waals surface area contributed by atoms with Gasteiger partial charge in [-0.1, -0.05) is 12.1 Å².